The summed E-state index contributed by atoms with van der Waals surface area (Å²) >= 11 is 0. The summed E-state index contributed by atoms with van der Waals surface area (Å²) in [6, 6.07) is 2.06. The lowest BCUT2D eigenvalue weighted by Gasteiger charge is -2.24. The van der Waals surface area contributed by atoms with Gasteiger partial charge in [0.25, 0.3) is 0 Å². The number of imidazole rings is 1. The van der Waals surface area contributed by atoms with Gasteiger partial charge in [-0.3, -0.25) is 19.2 Å². The molecule has 14 nitrogen and oxygen atoms in total. The molecule has 4 atom stereocenters. The van der Waals surface area contributed by atoms with E-state index in [2.05, 4.69) is 30.9 Å². The summed E-state index contributed by atoms with van der Waals surface area (Å²) in [5.41, 5.74) is 7.87. The van der Waals surface area contributed by atoms with Crippen molar-refractivity contribution in [1.29, 1.82) is 0 Å². The fourth-order valence-electron chi connectivity index (χ4n) is 4.37. The predicted molar refractivity (Wildman–Crippen MR) is 147 cm³/mol. The molecule has 0 aliphatic rings. The van der Waals surface area contributed by atoms with Gasteiger partial charge in [0.1, 0.15) is 18.1 Å². The van der Waals surface area contributed by atoms with Crippen molar-refractivity contribution in [2.45, 2.75) is 63.7 Å². The first-order chi connectivity index (χ1) is 19.4. The molecule has 14 heteroatoms. The van der Waals surface area contributed by atoms with Crippen LogP contribution in [0.15, 0.2) is 43.0 Å². The zero-order chi connectivity index (χ0) is 30.1. The van der Waals surface area contributed by atoms with Crippen molar-refractivity contribution in [3.05, 3.63) is 54.2 Å². The molecule has 0 fully saturated rings. The number of fused-ring (bicyclic) bond motifs is 1. The quantitative estimate of drug-likeness (QED) is 0.123. The fourth-order valence-corrected chi connectivity index (χ4v) is 4.37. The summed E-state index contributed by atoms with van der Waals surface area (Å²) in [5.74, 6) is -5.08. The highest BCUT2D eigenvalue weighted by Crippen LogP contribution is 2.19. The third-order valence-electron chi connectivity index (χ3n) is 6.40. The van der Waals surface area contributed by atoms with Gasteiger partial charge in [-0.05, 0) is 24.0 Å². The number of nitrogens with one attached hydrogen (secondary N) is 5. The van der Waals surface area contributed by atoms with Crippen LogP contribution in [0, 0.1) is 5.92 Å². The number of nitrogens with two attached hydrogens (primary N) is 1. The highest BCUT2D eigenvalue weighted by Gasteiger charge is 2.32. The maximum atomic E-state index is 13.3. The van der Waals surface area contributed by atoms with Crippen LogP contribution < -0.4 is 21.7 Å². The van der Waals surface area contributed by atoms with Crippen LogP contribution in [0.4, 0.5) is 0 Å². The van der Waals surface area contributed by atoms with Crippen LogP contribution in [0.25, 0.3) is 10.9 Å². The standard InChI is InChI=1S/C27H35N7O7/c1-14(2)7-18(28)24(37)32-20(9-16-12-29-13-31-16)25(38)33-21(10-23(35)36)26(39)34-22(27(40)41)8-15-11-30-19-6-4-3-5-17(15)19/h3-6,11-14,18,20-22,30H,7-10,28H2,1-2H3,(H,29,31)(H,32,37)(H,33,38)(H,34,39)(H,35,36)(H,40,41). The van der Waals surface area contributed by atoms with E-state index >= 15 is 0 Å². The molecule has 0 radical (unpaired) electrons. The molecule has 9 N–H and O–H groups in total. The van der Waals surface area contributed by atoms with Crippen LogP contribution in [0.2, 0.25) is 0 Å². The summed E-state index contributed by atoms with van der Waals surface area (Å²) in [6.45, 7) is 3.78. The zero-order valence-electron chi connectivity index (χ0n) is 22.7. The second-order valence-electron chi connectivity index (χ2n) is 10.2. The Balaban J connectivity index is 1.76. The van der Waals surface area contributed by atoms with Gasteiger partial charge >= 0.3 is 11.9 Å². The molecule has 3 aromatic rings. The Morgan fingerprint density at radius 2 is 1.56 bits per heavy atom. The van der Waals surface area contributed by atoms with Gasteiger partial charge in [0.05, 0.1) is 18.8 Å². The number of para-hydroxylation sites is 1. The molecule has 3 rings (SSSR count). The third-order valence-corrected chi connectivity index (χ3v) is 6.40. The maximum absolute atomic E-state index is 13.3. The normalized spacial score (nSPS) is 14.1. The summed E-state index contributed by atoms with van der Waals surface area (Å²) in [5, 5.41) is 27.2. The monoisotopic (exact) mass is 569 g/mol. The Morgan fingerprint density at radius 3 is 2.20 bits per heavy atom. The van der Waals surface area contributed by atoms with Crippen molar-refractivity contribution in [3.63, 3.8) is 0 Å². The fraction of sp³-hybridized carbons (Fsp3) is 0.407. The van der Waals surface area contributed by atoms with E-state index in [1.165, 1.54) is 12.5 Å². The Morgan fingerprint density at radius 1 is 0.902 bits per heavy atom. The first-order valence-corrected chi connectivity index (χ1v) is 13.1. The van der Waals surface area contributed by atoms with Crippen LogP contribution in [0.1, 0.15) is 37.9 Å². The van der Waals surface area contributed by atoms with Gasteiger partial charge in [-0.15, -0.1) is 0 Å². The van der Waals surface area contributed by atoms with Gasteiger partial charge in [-0.2, -0.15) is 0 Å². The van der Waals surface area contributed by atoms with Crippen molar-refractivity contribution in [2.24, 2.45) is 11.7 Å². The van der Waals surface area contributed by atoms with Gasteiger partial charge in [-0.25, -0.2) is 9.78 Å². The maximum Gasteiger partial charge on any atom is 0.326 e. The molecule has 0 spiro atoms. The van der Waals surface area contributed by atoms with Crippen LogP contribution in [0.5, 0.6) is 0 Å². The average Bonchev–Trinajstić information content (AvgIpc) is 3.56. The first kappa shape index (κ1) is 30.8. The first-order valence-electron chi connectivity index (χ1n) is 13.1. The smallest absolute Gasteiger partial charge is 0.326 e. The van der Waals surface area contributed by atoms with Gasteiger partial charge in [0.2, 0.25) is 17.7 Å². The number of nitrogens with zero attached hydrogens (tertiary/aromatic N) is 1. The van der Waals surface area contributed by atoms with Crippen molar-refractivity contribution >= 4 is 40.6 Å². The zero-order valence-corrected chi connectivity index (χ0v) is 22.7. The molecular weight excluding hydrogens is 534 g/mol. The number of carboxylic acids is 2. The summed E-state index contributed by atoms with van der Waals surface area (Å²) < 4.78 is 0. The van der Waals surface area contributed by atoms with Crippen molar-refractivity contribution in [3.8, 4) is 0 Å². The summed E-state index contributed by atoms with van der Waals surface area (Å²) in [6.07, 6.45) is 3.86. The number of H-pyrrole nitrogens is 2. The number of amides is 3. The Kier molecular flexibility index (Phi) is 10.6. The molecule has 0 saturated heterocycles. The van der Waals surface area contributed by atoms with E-state index in [4.69, 9.17) is 5.73 Å². The topological polar surface area (TPSA) is 232 Å². The number of hydrogen-bond donors (Lipinski definition) is 8. The number of benzene rings is 1. The van der Waals surface area contributed by atoms with Gasteiger partial charge in [0, 0.05) is 41.8 Å². The lowest BCUT2D eigenvalue weighted by molar-refractivity contribution is -0.143. The van der Waals surface area contributed by atoms with Crippen LogP contribution in [-0.4, -0.2) is 79.0 Å². The molecule has 2 aromatic heterocycles. The van der Waals surface area contributed by atoms with Crippen molar-refractivity contribution < 1.29 is 34.2 Å². The van der Waals surface area contributed by atoms with Gasteiger partial charge in [0.15, 0.2) is 0 Å². The number of aromatic nitrogens is 3. The van der Waals surface area contributed by atoms with Crippen molar-refractivity contribution in [1.82, 2.24) is 30.9 Å². The van der Waals surface area contributed by atoms with E-state index in [0.29, 0.717) is 17.7 Å². The largest absolute Gasteiger partial charge is 0.481 e. The molecule has 2 heterocycles. The third kappa shape index (κ3) is 8.89. The highest BCUT2D eigenvalue weighted by atomic mass is 16.4. The minimum absolute atomic E-state index is 0.0499. The summed E-state index contributed by atoms with van der Waals surface area (Å²) in [7, 11) is 0. The Bertz CT molecular complexity index is 1370. The van der Waals surface area contributed by atoms with Crippen LogP contribution in [-0.2, 0) is 36.8 Å². The van der Waals surface area contributed by atoms with E-state index < -0.39 is 60.2 Å². The number of carboxylic acid groups (broad SMARTS) is 2. The lowest BCUT2D eigenvalue weighted by Crippen LogP contribution is -2.58. The molecule has 4 unspecified atom stereocenters. The highest BCUT2D eigenvalue weighted by molar-refractivity contribution is 5.96. The summed E-state index contributed by atoms with van der Waals surface area (Å²) in [4.78, 5) is 72.4. The second-order valence-corrected chi connectivity index (χ2v) is 10.2. The van der Waals surface area contributed by atoms with Gasteiger partial charge in [-0.1, -0.05) is 32.0 Å². The molecule has 41 heavy (non-hydrogen) atoms. The molecule has 0 saturated carbocycles. The van der Waals surface area contributed by atoms with E-state index in [9.17, 15) is 34.2 Å². The minimum Gasteiger partial charge on any atom is -0.481 e. The number of rotatable bonds is 15. The molecule has 0 aliphatic heterocycles. The number of carbonyl (C=O) groups is 5. The SMILES string of the molecule is CC(C)CC(N)C(=O)NC(Cc1cnc[nH]1)C(=O)NC(CC(=O)O)C(=O)NC(Cc1c[nH]c2ccccc12)C(=O)O. The van der Waals surface area contributed by atoms with Crippen molar-refractivity contribution in [2.75, 3.05) is 0 Å². The van der Waals surface area contributed by atoms with E-state index in [-0.39, 0.29) is 18.8 Å². The van der Waals surface area contributed by atoms with E-state index in [0.717, 1.165) is 10.9 Å². The Hall–Kier alpha value is -4.72. The van der Waals surface area contributed by atoms with E-state index in [1.54, 1.807) is 18.3 Å². The minimum atomic E-state index is -1.63. The number of aromatic amines is 2. The Labute approximate surface area is 235 Å². The molecule has 220 valence electrons. The number of hydrogen-bond acceptors (Lipinski definition) is 7. The molecule has 0 aliphatic carbocycles. The molecular formula is C27H35N7O7. The average molecular weight is 570 g/mol. The molecule has 3 amide bonds. The van der Waals surface area contributed by atoms with E-state index in [1.807, 2.05) is 26.0 Å². The lowest BCUT2D eigenvalue weighted by atomic mass is 10.0. The predicted octanol–water partition coefficient (Wildman–Crippen LogP) is 0.0633. The van der Waals surface area contributed by atoms with Gasteiger partial charge < -0.3 is 41.9 Å². The second kappa shape index (κ2) is 14.1. The number of carbonyl (C=O) groups excluding carboxylic acids is 3. The van der Waals surface area contributed by atoms with Crippen LogP contribution >= 0.6 is 0 Å². The molecule has 1 aromatic carbocycles. The molecule has 0 bridgehead atoms. The number of aliphatic carboxylic acids is 2. The van der Waals surface area contributed by atoms with Crippen LogP contribution in [0.3, 0.4) is 0 Å².